The third kappa shape index (κ3) is 4.16. The van der Waals surface area contributed by atoms with E-state index in [1.54, 1.807) is 0 Å². The van der Waals surface area contributed by atoms with Crippen LogP contribution in [0.25, 0.3) is 66.4 Å². The summed E-state index contributed by atoms with van der Waals surface area (Å²) < 4.78 is 0. The van der Waals surface area contributed by atoms with Gasteiger partial charge >= 0.3 is 0 Å². The molecular formula is C36H23ClN2. The van der Waals surface area contributed by atoms with Gasteiger partial charge in [-0.3, -0.25) is 4.98 Å². The molecule has 0 bridgehead atoms. The fourth-order valence-corrected chi connectivity index (χ4v) is 5.66. The Hall–Kier alpha value is -4.79. The van der Waals surface area contributed by atoms with E-state index in [2.05, 4.69) is 84.9 Å². The van der Waals surface area contributed by atoms with Crippen molar-refractivity contribution in [3.8, 4) is 44.9 Å². The third-order valence-corrected chi connectivity index (χ3v) is 7.61. The summed E-state index contributed by atoms with van der Waals surface area (Å²) in [6.45, 7) is 0. The second kappa shape index (κ2) is 9.83. The van der Waals surface area contributed by atoms with Gasteiger partial charge in [0.05, 0.1) is 28.3 Å². The van der Waals surface area contributed by atoms with Crippen LogP contribution in [-0.4, -0.2) is 9.97 Å². The number of aromatic nitrogens is 2. The van der Waals surface area contributed by atoms with Gasteiger partial charge in [-0.15, -0.1) is 0 Å². The standard InChI is InChI=1S/C36H23ClN2/c37-34-30-17-9-7-15-28(30)33(29-16-8-10-18-31(29)34)25-21-19-24(20-22-25)32-23-38-35(26-11-3-1-4-12-26)36(39-32)27-13-5-2-6-14-27/h1-23H. The molecule has 2 nitrogen and oxygen atoms in total. The molecule has 1 heterocycles. The number of rotatable bonds is 4. The van der Waals surface area contributed by atoms with E-state index < -0.39 is 0 Å². The first kappa shape index (κ1) is 23.3. The monoisotopic (exact) mass is 518 g/mol. The number of halogens is 1. The Morgan fingerprint density at radius 1 is 0.410 bits per heavy atom. The van der Waals surface area contributed by atoms with Crippen molar-refractivity contribution in [1.82, 2.24) is 9.97 Å². The minimum atomic E-state index is 0.795. The van der Waals surface area contributed by atoms with E-state index in [9.17, 15) is 0 Å². The molecule has 0 N–H and O–H groups in total. The van der Waals surface area contributed by atoms with Crippen molar-refractivity contribution >= 4 is 33.1 Å². The van der Waals surface area contributed by atoms with Crippen molar-refractivity contribution in [2.24, 2.45) is 0 Å². The largest absolute Gasteiger partial charge is 0.252 e. The quantitative estimate of drug-likeness (QED) is 0.216. The van der Waals surface area contributed by atoms with Gasteiger partial charge in [0, 0.05) is 27.5 Å². The van der Waals surface area contributed by atoms with Crippen LogP contribution in [0.3, 0.4) is 0 Å². The van der Waals surface area contributed by atoms with Gasteiger partial charge in [-0.25, -0.2) is 4.98 Å². The van der Waals surface area contributed by atoms with Crippen molar-refractivity contribution in [2.45, 2.75) is 0 Å². The number of hydrogen-bond donors (Lipinski definition) is 0. The summed E-state index contributed by atoms with van der Waals surface area (Å²) in [5.41, 5.74) is 8.03. The maximum absolute atomic E-state index is 6.85. The van der Waals surface area contributed by atoms with Crippen molar-refractivity contribution in [3.63, 3.8) is 0 Å². The molecule has 0 aliphatic heterocycles. The summed E-state index contributed by atoms with van der Waals surface area (Å²) in [5.74, 6) is 0. The first-order valence-corrected chi connectivity index (χ1v) is 13.3. The van der Waals surface area contributed by atoms with Crippen molar-refractivity contribution in [3.05, 3.63) is 145 Å². The Kier molecular flexibility index (Phi) is 5.88. The summed E-state index contributed by atoms with van der Waals surface area (Å²) in [6, 6.07) is 45.8. The van der Waals surface area contributed by atoms with E-state index in [-0.39, 0.29) is 0 Å². The van der Waals surface area contributed by atoms with E-state index >= 15 is 0 Å². The van der Waals surface area contributed by atoms with Gasteiger partial charge in [0.1, 0.15) is 0 Å². The zero-order chi connectivity index (χ0) is 26.2. The molecule has 39 heavy (non-hydrogen) atoms. The lowest BCUT2D eigenvalue weighted by molar-refractivity contribution is 1.21. The lowest BCUT2D eigenvalue weighted by atomic mass is 9.91. The smallest absolute Gasteiger partial charge is 0.0972 e. The van der Waals surface area contributed by atoms with Crippen LogP contribution in [0.1, 0.15) is 0 Å². The maximum atomic E-state index is 6.85. The van der Waals surface area contributed by atoms with Crippen LogP contribution in [0.4, 0.5) is 0 Å². The van der Waals surface area contributed by atoms with Crippen LogP contribution in [0.5, 0.6) is 0 Å². The average Bonchev–Trinajstić information content (AvgIpc) is 3.02. The van der Waals surface area contributed by atoms with Crippen LogP contribution in [0.2, 0.25) is 5.02 Å². The van der Waals surface area contributed by atoms with Crippen LogP contribution >= 0.6 is 11.6 Å². The molecule has 7 rings (SSSR count). The van der Waals surface area contributed by atoms with E-state index in [4.69, 9.17) is 21.6 Å². The Morgan fingerprint density at radius 2 is 0.872 bits per heavy atom. The highest BCUT2D eigenvalue weighted by atomic mass is 35.5. The van der Waals surface area contributed by atoms with Crippen LogP contribution in [-0.2, 0) is 0 Å². The van der Waals surface area contributed by atoms with Gasteiger partial charge in [0.25, 0.3) is 0 Å². The molecule has 6 aromatic carbocycles. The summed E-state index contributed by atoms with van der Waals surface area (Å²) in [6.07, 6.45) is 1.87. The average molecular weight is 519 g/mol. The molecule has 0 saturated heterocycles. The lowest BCUT2D eigenvalue weighted by Gasteiger charge is -2.15. The molecule has 0 aliphatic rings. The van der Waals surface area contributed by atoms with Gasteiger partial charge in [-0.2, -0.15) is 0 Å². The van der Waals surface area contributed by atoms with E-state index in [0.717, 1.165) is 65.9 Å². The fourth-order valence-electron chi connectivity index (χ4n) is 5.33. The molecule has 0 saturated carbocycles. The molecule has 0 unspecified atom stereocenters. The third-order valence-electron chi connectivity index (χ3n) is 7.20. The molecule has 3 heteroatoms. The highest BCUT2D eigenvalue weighted by molar-refractivity contribution is 6.42. The number of nitrogens with zero attached hydrogens (tertiary/aromatic N) is 2. The zero-order valence-electron chi connectivity index (χ0n) is 21.1. The second-order valence-electron chi connectivity index (χ2n) is 9.54. The summed E-state index contributed by atoms with van der Waals surface area (Å²) in [4.78, 5) is 10.0. The SMILES string of the molecule is Clc1c2ccccc2c(-c2ccc(-c3cnc(-c4ccccc4)c(-c4ccccc4)n3)cc2)c2ccccc12. The number of hydrogen-bond acceptors (Lipinski definition) is 2. The second-order valence-corrected chi connectivity index (χ2v) is 9.92. The van der Waals surface area contributed by atoms with E-state index in [1.807, 2.05) is 54.7 Å². The van der Waals surface area contributed by atoms with Crippen molar-refractivity contribution in [1.29, 1.82) is 0 Å². The predicted molar refractivity (Wildman–Crippen MR) is 164 cm³/mol. The molecule has 7 aromatic rings. The minimum Gasteiger partial charge on any atom is -0.252 e. The van der Waals surface area contributed by atoms with Crippen molar-refractivity contribution in [2.75, 3.05) is 0 Å². The highest BCUT2D eigenvalue weighted by Crippen LogP contribution is 2.41. The van der Waals surface area contributed by atoms with Crippen LogP contribution in [0, 0.1) is 0 Å². The Morgan fingerprint density at radius 3 is 1.44 bits per heavy atom. The first-order valence-electron chi connectivity index (χ1n) is 13.0. The summed E-state index contributed by atoms with van der Waals surface area (Å²) in [5, 5.41) is 5.21. The molecule has 0 amide bonds. The molecule has 184 valence electrons. The van der Waals surface area contributed by atoms with E-state index in [1.165, 1.54) is 5.56 Å². The fraction of sp³-hybridized carbons (Fsp3) is 0. The van der Waals surface area contributed by atoms with Crippen molar-refractivity contribution < 1.29 is 0 Å². The van der Waals surface area contributed by atoms with Crippen LogP contribution in [0.15, 0.2) is 140 Å². The summed E-state index contributed by atoms with van der Waals surface area (Å²) in [7, 11) is 0. The molecule has 1 aromatic heterocycles. The Balaban J connectivity index is 1.36. The molecule has 0 radical (unpaired) electrons. The Bertz CT molecular complexity index is 1890. The van der Waals surface area contributed by atoms with Gasteiger partial charge in [0.15, 0.2) is 0 Å². The minimum absolute atomic E-state index is 0.795. The number of benzene rings is 6. The Labute approximate surface area is 232 Å². The van der Waals surface area contributed by atoms with E-state index in [0.29, 0.717) is 0 Å². The van der Waals surface area contributed by atoms with Gasteiger partial charge < -0.3 is 0 Å². The van der Waals surface area contributed by atoms with Crippen LogP contribution < -0.4 is 0 Å². The first-order chi connectivity index (χ1) is 19.3. The molecule has 0 atom stereocenters. The van der Waals surface area contributed by atoms with Gasteiger partial charge in [0.2, 0.25) is 0 Å². The lowest BCUT2D eigenvalue weighted by Crippen LogP contribution is -1.96. The summed E-state index contributed by atoms with van der Waals surface area (Å²) >= 11 is 6.85. The molecular weight excluding hydrogens is 496 g/mol. The topological polar surface area (TPSA) is 25.8 Å². The van der Waals surface area contributed by atoms with Gasteiger partial charge in [-0.05, 0) is 21.9 Å². The predicted octanol–water partition coefficient (Wildman–Crippen LogP) is 10.1. The normalized spacial score (nSPS) is 11.2. The number of fused-ring (bicyclic) bond motifs is 2. The molecule has 0 aliphatic carbocycles. The zero-order valence-corrected chi connectivity index (χ0v) is 21.8. The molecule has 0 spiro atoms. The molecule has 0 fully saturated rings. The van der Waals surface area contributed by atoms with Gasteiger partial charge in [-0.1, -0.05) is 145 Å². The maximum Gasteiger partial charge on any atom is 0.0972 e. The highest BCUT2D eigenvalue weighted by Gasteiger charge is 2.16.